The molecule has 236 valence electrons. The number of ether oxygens (including phenoxy) is 2. The molecule has 6 aromatic carbocycles. The number of carbonyl (C=O) groups is 1. The summed E-state index contributed by atoms with van der Waals surface area (Å²) in [6.07, 6.45) is 0. The van der Waals surface area contributed by atoms with E-state index in [1.165, 1.54) is 16.7 Å². The van der Waals surface area contributed by atoms with E-state index in [9.17, 15) is 4.79 Å². The number of hydrogen-bond acceptors (Lipinski definition) is 5. The summed E-state index contributed by atoms with van der Waals surface area (Å²) >= 11 is 0. The second-order valence-electron chi connectivity index (χ2n) is 12.5. The zero-order valence-corrected chi connectivity index (χ0v) is 27.1. The highest BCUT2D eigenvalue weighted by Gasteiger charge is 2.53. The molecule has 2 heterocycles. The van der Waals surface area contributed by atoms with Gasteiger partial charge in [0, 0.05) is 48.1 Å². The Hall–Kier alpha value is -5.81. The van der Waals surface area contributed by atoms with Gasteiger partial charge >= 0.3 is 5.97 Å². The minimum Gasteiger partial charge on any atom is -0.456 e. The Morgan fingerprint density at radius 2 is 1.23 bits per heavy atom. The average Bonchev–Trinajstić information content (AvgIpc) is 3.42. The fraction of sp³-hybridized carbons (Fsp3) is 0.140. The second-order valence-corrected chi connectivity index (χ2v) is 12.5. The third kappa shape index (κ3) is 4.99. The molecule has 0 saturated carbocycles. The molecule has 0 aromatic heterocycles. The number of rotatable bonds is 8. The first-order valence-electron chi connectivity index (χ1n) is 16.5. The molecule has 48 heavy (non-hydrogen) atoms. The molecule has 1 atom stereocenters. The van der Waals surface area contributed by atoms with E-state index >= 15 is 0 Å². The van der Waals surface area contributed by atoms with E-state index < -0.39 is 5.60 Å². The monoisotopic (exact) mass is 628 g/mol. The highest BCUT2D eigenvalue weighted by molar-refractivity contribution is 5.97. The Bertz CT molecular complexity index is 2090. The molecule has 6 aromatic rings. The van der Waals surface area contributed by atoms with E-state index in [2.05, 4.69) is 121 Å². The Morgan fingerprint density at radius 3 is 1.94 bits per heavy atom. The fourth-order valence-electron chi connectivity index (χ4n) is 7.22. The van der Waals surface area contributed by atoms with E-state index in [1.807, 2.05) is 48.5 Å². The van der Waals surface area contributed by atoms with Crippen LogP contribution in [0.4, 0.5) is 17.1 Å². The maximum Gasteiger partial charge on any atom is 0.340 e. The van der Waals surface area contributed by atoms with Crippen LogP contribution in [0.5, 0.6) is 11.5 Å². The van der Waals surface area contributed by atoms with Crippen LogP contribution in [0.15, 0.2) is 146 Å². The summed E-state index contributed by atoms with van der Waals surface area (Å²) in [5, 5.41) is 0. The minimum absolute atomic E-state index is 0.325. The molecule has 0 N–H and O–H groups in total. The van der Waals surface area contributed by atoms with Gasteiger partial charge in [0.05, 0.1) is 16.9 Å². The number of esters is 1. The van der Waals surface area contributed by atoms with Crippen LogP contribution in [-0.4, -0.2) is 12.5 Å². The summed E-state index contributed by atoms with van der Waals surface area (Å²) in [4.78, 5) is 18.1. The summed E-state index contributed by atoms with van der Waals surface area (Å²) in [7, 11) is 0. The molecule has 2 aliphatic rings. The van der Waals surface area contributed by atoms with Gasteiger partial charge in [0.1, 0.15) is 11.5 Å². The molecule has 8 rings (SSSR count). The largest absolute Gasteiger partial charge is 0.456 e. The number of anilines is 3. The van der Waals surface area contributed by atoms with Gasteiger partial charge in [-0.15, -0.1) is 0 Å². The third-order valence-corrected chi connectivity index (χ3v) is 9.43. The van der Waals surface area contributed by atoms with Crippen LogP contribution in [0.25, 0.3) is 0 Å². The lowest BCUT2D eigenvalue weighted by atomic mass is 9.77. The zero-order valence-electron chi connectivity index (χ0n) is 27.1. The van der Waals surface area contributed by atoms with Crippen molar-refractivity contribution in [2.75, 3.05) is 16.3 Å². The highest BCUT2D eigenvalue weighted by Crippen LogP contribution is 2.56. The van der Waals surface area contributed by atoms with Crippen molar-refractivity contribution in [2.45, 2.75) is 32.5 Å². The quantitative estimate of drug-likeness (QED) is 0.157. The van der Waals surface area contributed by atoms with Gasteiger partial charge in [-0.2, -0.15) is 0 Å². The summed E-state index contributed by atoms with van der Waals surface area (Å²) in [6.45, 7) is 6.59. The van der Waals surface area contributed by atoms with Gasteiger partial charge < -0.3 is 19.3 Å². The van der Waals surface area contributed by atoms with Gasteiger partial charge in [-0.3, -0.25) is 0 Å². The molecule has 0 saturated heterocycles. The molecule has 0 fully saturated rings. The molecule has 0 radical (unpaired) electrons. The molecule has 0 aliphatic carbocycles. The average molecular weight is 629 g/mol. The SMILES string of the molecule is CCN(c1ccc2c(c1)Oc1ccccc1C21OC(=O)c2ccccc21)c1ccc(C)cc1N(Cc1ccccc1)Cc1ccccc1. The Kier molecular flexibility index (Phi) is 7.45. The highest BCUT2D eigenvalue weighted by atomic mass is 16.6. The summed E-state index contributed by atoms with van der Waals surface area (Å²) in [6, 6.07) is 49.8. The summed E-state index contributed by atoms with van der Waals surface area (Å²) in [5.74, 6) is 1.03. The molecule has 5 heteroatoms. The van der Waals surface area contributed by atoms with Crippen LogP contribution in [0.1, 0.15) is 50.7 Å². The number of carbonyl (C=O) groups excluding carboxylic acids is 1. The molecule has 2 aliphatic heterocycles. The van der Waals surface area contributed by atoms with E-state index in [1.54, 1.807) is 0 Å². The normalized spacial score (nSPS) is 15.6. The Labute approximate surface area is 281 Å². The van der Waals surface area contributed by atoms with Gasteiger partial charge in [-0.25, -0.2) is 4.79 Å². The smallest absolute Gasteiger partial charge is 0.340 e. The van der Waals surface area contributed by atoms with Gasteiger partial charge in [-0.05, 0) is 66.9 Å². The van der Waals surface area contributed by atoms with Gasteiger partial charge in [0.15, 0.2) is 5.60 Å². The summed E-state index contributed by atoms with van der Waals surface area (Å²) < 4.78 is 13.0. The van der Waals surface area contributed by atoms with Crippen molar-refractivity contribution in [1.82, 2.24) is 0 Å². The van der Waals surface area contributed by atoms with Crippen molar-refractivity contribution >= 4 is 23.0 Å². The van der Waals surface area contributed by atoms with Gasteiger partial charge in [0.2, 0.25) is 0 Å². The summed E-state index contributed by atoms with van der Waals surface area (Å²) in [5.41, 5.74) is 8.95. The predicted octanol–water partition coefficient (Wildman–Crippen LogP) is 9.93. The van der Waals surface area contributed by atoms with E-state index in [4.69, 9.17) is 9.47 Å². The first-order chi connectivity index (χ1) is 23.5. The molecule has 1 spiro atoms. The van der Waals surface area contributed by atoms with E-state index in [0.717, 1.165) is 53.4 Å². The standard InChI is InChI=1S/C43H36N2O3/c1-3-45(38-25-22-30(2)26-39(38)44(28-31-14-6-4-7-15-31)29-32-16-8-5-9-17-32)33-23-24-37-41(27-33)47-40-21-13-12-20-36(40)43(37)35-19-11-10-18-34(35)42(46)48-43/h4-27H,3,28-29H2,1-2H3. The fourth-order valence-corrected chi connectivity index (χ4v) is 7.22. The van der Waals surface area contributed by atoms with Crippen molar-refractivity contribution in [3.05, 3.63) is 185 Å². The van der Waals surface area contributed by atoms with Gasteiger partial charge in [-0.1, -0.05) is 103 Å². The maximum atomic E-state index is 13.3. The third-order valence-electron chi connectivity index (χ3n) is 9.43. The van der Waals surface area contributed by atoms with Gasteiger partial charge in [0.25, 0.3) is 0 Å². The van der Waals surface area contributed by atoms with Crippen LogP contribution in [-0.2, 0) is 23.4 Å². The number of fused-ring (bicyclic) bond motifs is 6. The van der Waals surface area contributed by atoms with E-state index in [0.29, 0.717) is 17.1 Å². The first kappa shape index (κ1) is 29.6. The number of para-hydroxylation sites is 1. The van der Waals surface area contributed by atoms with E-state index in [-0.39, 0.29) is 5.97 Å². The molecule has 0 bridgehead atoms. The first-order valence-corrected chi connectivity index (χ1v) is 16.5. The van der Waals surface area contributed by atoms with Crippen LogP contribution >= 0.6 is 0 Å². The van der Waals surface area contributed by atoms with Crippen molar-refractivity contribution < 1.29 is 14.3 Å². The minimum atomic E-state index is -1.08. The molecular weight excluding hydrogens is 592 g/mol. The Balaban J connectivity index is 1.24. The number of benzene rings is 6. The lowest BCUT2D eigenvalue weighted by molar-refractivity contribution is 0.0224. The van der Waals surface area contributed by atoms with Crippen molar-refractivity contribution in [1.29, 1.82) is 0 Å². The number of hydrogen-bond donors (Lipinski definition) is 0. The van der Waals surface area contributed by atoms with Crippen LogP contribution < -0.4 is 14.5 Å². The topological polar surface area (TPSA) is 42.0 Å². The molecule has 5 nitrogen and oxygen atoms in total. The van der Waals surface area contributed by atoms with Crippen LogP contribution in [0.3, 0.4) is 0 Å². The molecular formula is C43H36N2O3. The Morgan fingerprint density at radius 1 is 0.604 bits per heavy atom. The maximum absolute atomic E-state index is 13.3. The molecule has 1 unspecified atom stereocenters. The lowest BCUT2D eigenvalue weighted by Crippen LogP contribution is -2.33. The zero-order chi connectivity index (χ0) is 32.7. The van der Waals surface area contributed by atoms with Crippen LogP contribution in [0, 0.1) is 6.92 Å². The number of aryl methyl sites for hydroxylation is 1. The van der Waals surface area contributed by atoms with Crippen molar-refractivity contribution in [3.8, 4) is 11.5 Å². The van der Waals surface area contributed by atoms with Crippen LogP contribution in [0.2, 0.25) is 0 Å². The van der Waals surface area contributed by atoms with Crippen molar-refractivity contribution in [2.24, 2.45) is 0 Å². The second kappa shape index (κ2) is 12.1. The number of nitrogens with zero attached hydrogens (tertiary/aromatic N) is 2. The molecule has 0 amide bonds. The lowest BCUT2D eigenvalue weighted by Gasteiger charge is -2.37. The van der Waals surface area contributed by atoms with Crippen molar-refractivity contribution in [3.63, 3.8) is 0 Å². The predicted molar refractivity (Wildman–Crippen MR) is 191 cm³/mol.